The molecule has 7 heteroatoms. The Balaban J connectivity index is 1.67. The highest BCUT2D eigenvalue weighted by Crippen LogP contribution is 2.55. The van der Waals surface area contributed by atoms with E-state index in [0.717, 1.165) is 22.6 Å². The molecule has 2 saturated heterocycles. The normalized spacial score (nSPS) is 28.1. The van der Waals surface area contributed by atoms with Crippen LogP contribution >= 0.6 is 11.8 Å². The molecule has 4 atom stereocenters. The summed E-state index contributed by atoms with van der Waals surface area (Å²) in [5.74, 6) is -1.27. The Morgan fingerprint density at radius 1 is 1.06 bits per heavy atom. The Bertz CT molecular complexity index is 1150. The number of nitrogens with zero attached hydrogens (tertiary/aromatic N) is 2. The molecule has 5 rings (SSSR count). The molecule has 6 nitrogen and oxygen atoms in total. The molecule has 3 heterocycles. The van der Waals surface area contributed by atoms with E-state index in [-0.39, 0.29) is 23.8 Å². The van der Waals surface area contributed by atoms with Gasteiger partial charge in [-0.1, -0.05) is 48.6 Å². The third kappa shape index (κ3) is 3.09. The number of anilines is 2. The fourth-order valence-corrected chi connectivity index (χ4v) is 6.19. The van der Waals surface area contributed by atoms with E-state index in [9.17, 15) is 14.4 Å². The Kier molecular flexibility index (Phi) is 5.41. The Morgan fingerprint density at radius 2 is 1.76 bits per heavy atom. The number of carbonyl (C=O) groups is 3. The van der Waals surface area contributed by atoms with Crippen molar-refractivity contribution < 1.29 is 14.4 Å². The van der Waals surface area contributed by atoms with Crippen molar-refractivity contribution in [1.29, 1.82) is 0 Å². The van der Waals surface area contributed by atoms with Gasteiger partial charge >= 0.3 is 0 Å². The van der Waals surface area contributed by atoms with E-state index in [1.54, 1.807) is 28.8 Å². The van der Waals surface area contributed by atoms with Gasteiger partial charge in [0.25, 0.3) is 5.91 Å². The fourth-order valence-electron chi connectivity index (χ4n) is 5.70. The van der Waals surface area contributed by atoms with Gasteiger partial charge in [-0.25, -0.2) is 4.90 Å². The Hall–Kier alpha value is -2.90. The third-order valence-corrected chi connectivity index (χ3v) is 7.59. The molecule has 0 saturated carbocycles. The summed E-state index contributed by atoms with van der Waals surface area (Å²) >= 11 is 1.69. The molecule has 3 amide bonds. The zero-order valence-electron chi connectivity index (χ0n) is 18.8. The lowest BCUT2D eigenvalue weighted by Crippen LogP contribution is -2.55. The average Bonchev–Trinajstić information content (AvgIpc) is 3.37. The molecular weight excluding hydrogens is 434 g/mol. The van der Waals surface area contributed by atoms with E-state index in [2.05, 4.69) is 11.9 Å². The van der Waals surface area contributed by atoms with E-state index in [4.69, 9.17) is 0 Å². The molecule has 33 heavy (non-hydrogen) atoms. The van der Waals surface area contributed by atoms with Crippen molar-refractivity contribution in [1.82, 2.24) is 5.32 Å². The van der Waals surface area contributed by atoms with E-state index in [1.807, 2.05) is 55.6 Å². The number of imide groups is 1. The zero-order chi connectivity index (χ0) is 23.3. The van der Waals surface area contributed by atoms with Gasteiger partial charge in [0.05, 0.1) is 17.5 Å². The summed E-state index contributed by atoms with van der Waals surface area (Å²) in [5.41, 5.74) is 1.70. The lowest BCUT2D eigenvalue weighted by molar-refractivity contribution is -0.132. The highest BCUT2D eigenvalue weighted by Gasteiger charge is 2.71. The summed E-state index contributed by atoms with van der Waals surface area (Å²) in [5, 5.41) is 3.54. The first kappa shape index (κ1) is 21.9. The number of benzene rings is 2. The monoisotopic (exact) mass is 461 g/mol. The van der Waals surface area contributed by atoms with Crippen molar-refractivity contribution >= 4 is 40.9 Å². The van der Waals surface area contributed by atoms with Gasteiger partial charge in [-0.3, -0.25) is 19.7 Å². The van der Waals surface area contributed by atoms with Crippen LogP contribution in [-0.4, -0.2) is 42.3 Å². The number of hydrogen-bond donors (Lipinski definition) is 1. The van der Waals surface area contributed by atoms with Gasteiger partial charge in [-0.05, 0) is 43.6 Å². The molecular formula is C26H27N3O3S. The maximum atomic E-state index is 14.1. The molecule has 2 aromatic rings. The molecule has 2 aromatic carbocycles. The molecule has 1 N–H and O–H groups in total. The molecule has 0 radical (unpaired) electrons. The topological polar surface area (TPSA) is 69.7 Å². The number of nitrogens with one attached hydrogen (secondary N) is 1. The van der Waals surface area contributed by atoms with Gasteiger partial charge in [0, 0.05) is 23.8 Å². The number of rotatable bonds is 6. The van der Waals surface area contributed by atoms with Gasteiger partial charge in [-0.15, -0.1) is 0 Å². The minimum atomic E-state index is -1.25. The van der Waals surface area contributed by atoms with Gasteiger partial charge < -0.3 is 4.90 Å². The van der Waals surface area contributed by atoms with E-state index < -0.39 is 17.4 Å². The Labute approximate surface area is 198 Å². The van der Waals surface area contributed by atoms with Crippen LogP contribution in [0.2, 0.25) is 0 Å². The van der Waals surface area contributed by atoms with Crippen molar-refractivity contribution in [3.05, 3.63) is 72.3 Å². The lowest BCUT2D eigenvalue weighted by Gasteiger charge is -2.30. The maximum Gasteiger partial charge on any atom is 0.253 e. The summed E-state index contributed by atoms with van der Waals surface area (Å²) in [6.07, 6.45) is 2.71. The fraction of sp³-hybridized carbons (Fsp3) is 0.346. The van der Waals surface area contributed by atoms with Crippen LogP contribution in [0.1, 0.15) is 18.9 Å². The molecule has 170 valence electrons. The first-order valence-corrected chi connectivity index (χ1v) is 12.6. The number of hydrogen-bond acceptors (Lipinski definition) is 5. The minimum absolute atomic E-state index is 0.176. The standard InChI is InChI=1S/C26H27N3O3S/c1-16(2)15-28-20-12-8-7-11-18(20)26(25(28)32)22-21(19(27-26)13-14-33-3)23(30)29(24(22)31)17-9-5-4-6-10-17/h4-12,19,21-22,27H,1,13-15H2,2-3H3/t19-,21+,22+,26-/m0/s1. The van der Waals surface area contributed by atoms with Crippen LogP contribution in [0.15, 0.2) is 66.7 Å². The van der Waals surface area contributed by atoms with Crippen LogP contribution in [0.5, 0.6) is 0 Å². The van der Waals surface area contributed by atoms with Crippen LogP contribution in [0.25, 0.3) is 0 Å². The largest absolute Gasteiger partial charge is 0.306 e. The van der Waals surface area contributed by atoms with E-state index in [0.29, 0.717) is 18.7 Å². The molecule has 1 spiro atoms. The average molecular weight is 462 g/mol. The lowest BCUT2D eigenvalue weighted by atomic mass is 9.76. The van der Waals surface area contributed by atoms with Crippen molar-refractivity contribution in [2.45, 2.75) is 24.9 Å². The third-order valence-electron chi connectivity index (χ3n) is 6.94. The predicted molar refractivity (Wildman–Crippen MR) is 131 cm³/mol. The van der Waals surface area contributed by atoms with Crippen molar-refractivity contribution in [3.8, 4) is 0 Å². The summed E-state index contributed by atoms with van der Waals surface area (Å²) < 4.78 is 0. The molecule has 0 bridgehead atoms. The number of fused-ring (bicyclic) bond motifs is 4. The SMILES string of the molecule is C=C(C)CN1C(=O)[C@]2(N[C@@H](CCSC)[C@H]3C(=O)N(c4ccccc4)C(=O)[C@@H]32)c2ccccc21. The zero-order valence-corrected chi connectivity index (χ0v) is 19.6. The second kappa shape index (κ2) is 8.15. The minimum Gasteiger partial charge on any atom is -0.306 e. The summed E-state index contributed by atoms with van der Waals surface area (Å²) in [6, 6.07) is 16.4. The van der Waals surface area contributed by atoms with E-state index in [1.165, 1.54) is 4.90 Å². The molecule has 2 fully saturated rings. The van der Waals surface area contributed by atoms with Crippen LogP contribution in [-0.2, 0) is 19.9 Å². The van der Waals surface area contributed by atoms with Crippen molar-refractivity contribution in [2.24, 2.45) is 11.8 Å². The van der Waals surface area contributed by atoms with E-state index >= 15 is 0 Å². The Morgan fingerprint density at radius 3 is 2.45 bits per heavy atom. The van der Waals surface area contributed by atoms with Gasteiger partial charge in [-0.2, -0.15) is 11.8 Å². The molecule has 0 unspecified atom stereocenters. The number of amides is 3. The van der Waals surface area contributed by atoms with Crippen LogP contribution in [0.3, 0.4) is 0 Å². The van der Waals surface area contributed by atoms with Gasteiger partial charge in [0.15, 0.2) is 0 Å². The molecule has 3 aliphatic rings. The van der Waals surface area contributed by atoms with Crippen molar-refractivity contribution in [3.63, 3.8) is 0 Å². The number of carbonyl (C=O) groups excluding carboxylic acids is 3. The van der Waals surface area contributed by atoms with Crippen LogP contribution in [0.4, 0.5) is 11.4 Å². The van der Waals surface area contributed by atoms with Crippen molar-refractivity contribution in [2.75, 3.05) is 28.4 Å². The first-order chi connectivity index (χ1) is 15.9. The second-order valence-electron chi connectivity index (χ2n) is 9.06. The summed E-state index contributed by atoms with van der Waals surface area (Å²) in [7, 11) is 0. The number of thioether (sulfide) groups is 1. The summed E-state index contributed by atoms with van der Waals surface area (Å²) in [6.45, 7) is 6.25. The molecule has 0 aliphatic carbocycles. The molecule has 3 aliphatic heterocycles. The second-order valence-corrected chi connectivity index (χ2v) is 10.0. The first-order valence-electron chi connectivity index (χ1n) is 11.2. The maximum absolute atomic E-state index is 14.1. The smallest absolute Gasteiger partial charge is 0.253 e. The quantitative estimate of drug-likeness (QED) is 0.528. The summed E-state index contributed by atoms with van der Waals surface area (Å²) in [4.78, 5) is 44.8. The van der Waals surface area contributed by atoms with Crippen LogP contribution < -0.4 is 15.1 Å². The predicted octanol–water partition coefficient (Wildman–Crippen LogP) is 3.34. The van der Waals surface area contributed by atoms with Gasteiger partial charge in [0.1, 0.15) is 5.54 Å². The molecule has 0 aromatic heterocycles. The van der Waals surface area contributed by atoms with Gasteiger partial charge in [0.2, 0.25) is 11.8 Å². The van der Waals surface area contributed by atoms with Crippen LogP contribution in [0, 0.1) is 11.8 Å². The highest BCUT2D eigenvalue weighted by molar-refractivity contribution is 7.98. The number of para-hydroxylation sites is 2. The highest BCUT2D eigenvalue weighted by atomic mass is 32.2.